The van der Waals surface area contributed by atoms with Crippen molar-refractivity contribution in [1.82, 2.24) is 19.9 Å². The first-order chi connectivity index (χ1) is 28.9. The summed E-state index contributed by atoms with van der Waals surface area (Å²) in [5.41, 5.74) is 16.3. The van der Waals surface area contributed by atoms with Gasteiger partial charge in [0.2, 0.25) is 0 Å². The predicted octanol–water partition coefficient (Wildman–Crippen LogP) is 13.1. The van der Waals surface area contributed by atoms with Gasteiger partial charge in [-0.1, -0.05) is 153 Å². The second-order valence-electron chi connectivity index (χ2n) is 15.5. The molecule has 7 aromatic carbocycles. The average Bonchev–Trinajstić information content (AvgIpc) is 3.55. The Morgan fingerprint density at radius 3 is 1.53 bits per heavy atom. The molecule has 0 spiro atoms. The number of aromatic nitrogens is 4. The highest BCUT2D eigenvalue weighted by atomic mass is 15.0. The van der Waals surface area contributed by atoms with E-state index in [2.05, 4.69) is 146 Å². The van der Waals surface area contributed by atoms with Crippen molar-refractivity contribution in [2.45, 2.75) is 19.3 Å². The molecule has 0 unspecified atom stereocenters. The lowest BCUT2D eigenvalue weighted by Gasteiger charge is -2.23. The maximum atomic E-state index is 10.1. The zero-order valence-electron chi connectivity index (χ0n) is 32.6. The van der Waals surface area contributed by atoms with Gasteiger partial charge in [0.05, 0.1) is 11.6 Å². The van der Waals surface area contributed by atoms with Crippen molar-refractivity contribution in [2.24, 2.45) is 0 Å². The number of hydrogen-bond donors (Lipinski definition) is 0. The standard InChI is InChI=1S/C54H37N5/c1-54(2)49-32-41(26-27-47(49)48-17-9-15-42(33-55)50(48)54)45-29-44(38-20-18-37(19-21-38)43-16-10-28-56-34-43)30-46(31-45)53-58-51(39-13-7-4-8-14-39)57-52(59-53)40-24-22-36(23-25-40)35-11-5-3-6-12-35/h3-32,34H,1-2H3. The van der Waals surface area contributed by atoms with Crippen LogP contribution in [0.25, 0.3) is 89.8 Å². The quantitative estimate of drug-likeness (QED) is 0.162. The van der Waals surface area contributed by atoms with Crippen LogP contribution in [0.15, 0.2) is 188 Å². The van der Waals surface area contributed by atoms with Crippen LogP contribution in [0.2, 0.25) is 0 Å². The van der Waals surface area contributed by atoms with Gasteiger partial charge in [-0.15, -0.1) is 0 Å². The van der Waals surface area contributed by atoms with E-state index in [0.29, 0.717) is 17.5 Å². The molecule has 0 N–H and O–H groups in total. The third-order valence-corrected chi connectivity index (χ3v) is 11.4. The van der Waals surface area contributed by atoms with E-state index in [1.807, 2.05) is 60.8 Å². The van der Waals surface area contributed by atoms with Crippen molar-refractivity contribution in [3.05, 3.63) is 205 Å². The minimum absolute atomic E-state index is 0.348. The molecule has 0 radical (unpaired) electrons. The van der Waals surface area contributed by atoms with E-state index >= 15 is 0 Å². The van der Waals surface area contributed by atoms with Crippen molar-refractivity contribution in [3.8, 4) is 95.9 Å². The first kappa shape index (κ1) is 35.6. The molecule has 10 rings (SSSR count). The van der Waals surface area contributed by atoms with Crippen molar-refractivity contribution in [3.63, 3.8) is 0 Å². The molecule has 0 atom stereocenters. The van der Waals surface area contributed by atoms with E-state index < -0.39 is 0 Å². The summed E-state index contributed by atoms with van der Waals surface area (Å²) >= 11 is 0. The maximum absolute atomic E-state index is 10.1. The number of nitrogens with zero attached hydrogens (tertiary/aromatic N) is 5. The molecule has 0 saturated heterocycles. The third kappa shape index (κ3) is 6.57. The van der Waals surface area contributed by atoms with Gasteiger partial charge in [-0.2, -0.15) is 5.26 Å². The van der Waals surface area contributed by atoms with Crippen molar-refractivity contribution in [1.29, 1.82) is 5.26 Å². The molecule has 59 heavy (non-hydrogen) atoms. The van der Waals surface area contributed by atoms with E-state index in [0.717, 1.165) is 77.9 Å². The summed E-state index contributed by atoms with van der Waals surface area (Å²) in [6.45, 7) is 4.44. The third-order valence-electron chi connectivity index (χ3n) is 11.4. The molecule has 5 nitrogen and oxygen atoms in total. The molecule has 1 aliphatic carbocycles. The minimum atomic E-state index is -0.348. The van der Waals surface area contributed by atoms with Gasteiger partial charge in [0, 0.05) is 34.5 Å². The molecule has 1 aliphatic rings. The molecule has 0 bridgehead atoms. The van der Waals surface area contributed by atoms with E-state index in [1.165, 1.54) is 11.1 Å². The van der Waals surface area contributed by atoms with Gasteiger partial charge in [-0.25, -0.2) is 15.0 Å². The van der Waals surface area contributed by atoms with Crippen LogP contribution in [0, 0.1) is 11.3 Å². The van der Waals surface area contributed by atoms with Crippen LogP contribution in [0.5, 0.6) is 0 Å². The molecular formula is C54H37N5. The van der Waals surface area contributed by atoms with Gasteiger partial charge in [0.1, 0.15) is 0 Å². The highest BCUT2D eigenvalue weighted by Gasteiger charge is 2.37. The van der Waals surface area contributed by atoms with Crippen LogP contribution in [0.1, 0.15) is 30.5 Å². The van der Waals surface area contributed by atoms with Crippen LogP contribution < -0.4 is 0 Å². The molecule has 2 aromatic heterocycles. The number of rotatable bonds is 7. The topological polar surface area (TPSA) is 75.3 Å². The van der Waals surface area contributed by atoms with Crippen LogP contribution in [-0.4, -0.2) is 19.9 Å². The number of pyridine rings is 1. The summed E-state index contributed by atoms with van der Waals surface area (Å²) in [6.07, 6.45) is 3.68. The van der Waals surface area contributed by atoms with Crippen molar-refractivity contribution in [2.75, 3.05) is 0 Å². The zero-order valence-corrected chi connectivity index (χ0v) is 32.6. The zero-order chi connectivity index (χ0) is 39.9. The summed E-state index contributed by atoms with van der Waals surface area (Å²) in [4.78, 5) is 19.7. The fourth-order valence-electron chi connectivity index (χ4n) is 8.43. The Morgan fingerprint density at radius 2 is 0.898 bits per heavy atom. The van der Waals surface area contributed by atoms with Gasteiger partial charge in [0.15, 0.2) is 17.5 Å². The summed E-state index contributed by atoms with van der Waals surface area (Å²) in [6, 6.07) is 63.4. The Hall–Kier alpha value is -7.81. The van der Waals surface area contributed by atoms with Gasteiger partial charge in [0.25, 0.3) is 0 Å². The lowest BCUT2D eigenvalue weighted by molar-refractivity contribution is 0.658. The van der Waals surface area contributed by atoms with Gasteiger partial charge in [-0.05, 0) is 103 Å². The van der Waals surface area contributed by atoms with Crippen molar-refractivity contribution < 1.29 is 0 Å². The average molecular weight is 756 g/mol. The molecular weight excluding hydrogens is 719 g/mol. The summed E-state index contributed by atoms with van der Waals surface area (Å²) < 4.78 is 0. The van der Waals surface area contributed by atoms with Crippen LogP contribution in [0.4, 0.5) is 0 Å². The van der Waals surface area contributed by atoms with E-state index in [1.54, 1.807) is 6.20 Å². The highest BCUT2D eigenvalue weighted by Crippen LogP contribution is 2.51. The SMILES string of the molecule is CC1(C)c2cc(-c3cc(-c4ccc(-c5cccnc5)cc4)cc(-c4nc(-c5ccccc5)nc(-c5ccc(-c6ccccc6)cc5)n4)c3)ccc2-c2cccc(C#N)c21. The van der Waals surface area contributed by atoms with Gasteiger partial charge in [-0.3, -0.25) is 4.98 Å². The molecule has 5 heteroatoms. The molecule has 0 aliphatic heterocycles. The first-order valence-corrected chi connectivity index (χ1v) is 19.8. The molecule has 9 aromatic rings. The Bertz CT molecular complexity index is 3040. The predicted molar refractivity (Wildman–Crippen MR) is 238 cm³/mol. The lowest BCUT2D eigenvalue weighted by atomic mass is 9.79. The molecule has 0 fully saturated rings. The minimum Gasteiger partial charge on any atom is -0.264 e. The Kier molecular flexibility index (Phi) is 8.81. The number of benzene rings is 7. The molecule has 278 valence electrons. The van der Waals surface area contributed by atoms with E-state index in [4.69, 9.17) is 15.0 Å². The van der Waals surface area contributed by atoms with Crippen LogP contribution in [0.3, 0.4) is 0 Å². The van der Waals surface area contributed by atoms with Crippen molar-refractivity contribution >= 4 is 0 Å². The fraction of sp³-hybridized carbons (Fsp3) is 0.0556. The normalized spacial score (nSPS) is 12.4. The van der Waals surface area contributed by atoms with Crippen LogP contribution in [-0.2, 0) is 5.41 Å². The Balaban J connectivity index is 1.14. The molecule has 0 saturated carbocycles. The number of fused-ring (bicyclic) bond motifs is 3. The summed E-state index contributed by atoms with van der Waals surface area (Å²) in [5, 5.41) is 10.1. The lowest BCUT2D eigenvalue weighted by Crippen LogP contribution is -2.16. The fourth-order valence-corrected chi connectivity index (χ4v) is 8.43. The molecule has 2 heterocycles. The monoisotopic (exact) mass is 755 g/mol. The second-order valence-corrected chi connectivity index (χ2v) is 15.5. The Morgan fingerprint density at radius 1 is 0.407 bits per heavy atom. The number of nitriles is 1. The Labute approximate surface area is 344 Å². The summed E-state index contributed by atoms with van der Waals surface area (Å²) in [7, 11) is 0. The van der Waals surface area contributed by atoms with E-state index in [9.17, 15) is 5.26 Å². The van der Waals surface area contributed by atoms with E-state index in [-0.39, 0.29) is 5.41 Å². The maximum Gasteiger partial charge on any atom is 0.164 e. The number of hydrogen-bond acceptors (Lipinski definition) is 5. The summed E-state index contributed by atoms with van der Waals surface area (Å²) in [5.74, 6) is 1.80. The second kappa shape index (κ2) is 14.6. The largest absolute Gasteiger partial charge is 0.264 e. The smallest absolute Gasteiger partial charge is 0.164 e. The highest BCUT2D eigenvalue weighted by molar-refractivity contribution is 5.87. The molecule has 0 amide bonds. The first-order valence-electron chi connectivity index (χ1n) is 19.8. The van der Waals surface area contributed by atoms with Gasteiger partial charge < -0.3 is 0 Å². The van der Waals surface area contributed by atoms with Crippen LogP contribution >= 0.6 is 0 Å². The van der Waals surface area contributed by atoms with Gasteiger partial charge >= 0.3 is 0 Å².